The number of aryl methyl sites for hydroxylation is 1. The molecule has 0 aliphatic carbocycles. The van der Waals surface area contributed by atoms with E-state index in [0.717, 1.165) is 0 Å². The third kappa shape index (κ3) is 4.62. The standard InChI is InChI=1S/C24H18F4N4O/c1-32-22(30-23(33)20(24(26,27)28)16-5-3-2-4-6-16)19(15-11-13-29-14-12-15)21(31-32)17-7-9-18(25)10-8-17/h2-14,20H,1H3,(H,30,33). The van der Waals surface area contributed by atoms with Crippen LogP contribution < -0.4 is 5.32 Å². The maximum atomic E-state index is 13.9. The van der Waals surface area contributed by atoms with E-state index in [9.17, 15) is 22.4 Å². The van der Waals surface area contributed by atoms with Crippen molar-refractivity contribution in [3.05, 3.63) is 90.5 Å². The molecular formula is C24H18F4N4O. The number of hydrogen-bond acceptors (Lipinski definition) is 3. The molecule has 1 atom stereocenters. The molecule has 9 heteroatoms. The number of rotatable bonds is 5. The normalized spacial score (nSPS) is 12.4. The molecule has 2 heterocycles. The Kier molecular flexibility index (Phi) is 5.95. The van der Waals surface area contributed by atoms with Crippen molar-refractivity contribution in [2.75, 3.05) is 5.32 Å². The first kappa shape index (κ1) is 22.2. The van der Waals surface area contributed by atoms with Gasteiger partial charge in [0.15, 0.2) is 5.92 Å². The van der Waals surface area contributed by atoms with Crippen LogP contribution in [0, 0.1) is 5.82 Å². The maximum absolute atomic E-state index is 13.9. The molecular weight excluding hydrogens is 436 g/mol. The molecule has 1 amide bonds. The number of anilines is 1. The second kappa shape index (κ2) is 8.85. The fourth-order valence-electron chi connectivity index (χ4n) is 3.59. The van der Waals surface area contributed by atoms with E-state index in [4.69, 9.17) is 0 Å². The summed E-state index contributed by atoms with van der Waals surface area (Å²) < 4.78 is 56.3. The summed E-state index contributed by atoms with van der Waals surface area (Å²) in [5.74, 6) is -3.97. The number of carbonyl (C=O) groups is 1. The van der Waals surface area contributed by atoms with Gasteiger partial charge in [0.2, 0.25) is 5.91 Å². The van der Waals surface area contributed by atoms with Crippen LogP contribution in [0.4, 0.5) is 23.4 Å². The molecule has 4 aromatic rings. The molecule has 168 valence electrons. The smallest absolute Gasteiger partial charge is 0.310 e. The van der Waals surface area contributed by atoms with Crippen LogP contribution in [0.1, 0.15) is 11.5 Å². The summed E-state index contributed by atoms with van der Waals surface area (Å²) >= 11 is 0. The fourth-order valence-corrected chi connectivity index (χ4v) is 3.59. The van der Waals surface area contributed by atoms with E-state index in [1.54, 1.807) is 18.2 Å². The fraction of sp³-hybridized carbons (Fsp3) is 0.125. The van der Waals surface area contributed by atoms with E-state index in [1.165, 1.54) is 72.7 Å². The van der Waals surface area contributed by atoms with Crippen LogP contribution in [0.15, 0.2) is 79.1 Å². The summed E-state index contributed by atoms with van der Waals surface area (Å²) in [5, 5.41) is 6.84. The Morgan fingerprint density at radius 3 is 2.18 bits per heavy atom. The molecule has 1 N–H and O–H groups in total. The first-order valence-electron chi connectivity index (χ1n) is 9.91. The Hall–Kier alpha value is -4.01. The highest BCUT2D eigenvalue weighted by Gasteiger charge is 2.46. The highest BCUT2D eigenvalue weighted by molar-refractivity contribution is 6.01. The van der Waals surface area contributed by atoms with Gasteiger partial charge >= 0.3 is 6.18 Å². The molecule has 0 saturated carbocycles. The number of pyridine rings is 1. The van der Waals surface area contributed by atoms with Crippen molar-refractivity contribution >= 4 is 11.7 Å². The zero-order chi connectivity index (χ0) is 23.6. The monoisotopic (exact) mass is 454 g/mol. The van der Waals surface area contributed by atoms with Gasteiger partial charge in [-0.3, -0.25) is 14.5 Å². The van der Waals surface area contributed by atoms with Gasteiger partial charge in [0, 0.05) is 25.0 Å². The third-order valence-corrected chi connectivity index (χ3v) is 5.10. The zero-order valence-electron chi connectivity index (χ0n) is 17.3. The van der Waals surface area contributed by atoms with Crippen LogP contribution in [0.25, 0.3) is 22.4 Å². The molecule has 1 unspecified atom stereocenters. The Morgan fingerprint density at radius 1 is 0.939 bits per heavy atom. The average Bonchev–Trinajstić information content (AvgIpc) is 3.10. The summed E-state index contributed by atoms with van der Waals surface area (Å²) in [6.07, 6.45) is -1.77. The van der Waals surface area contributed by atoms with Gasteiger partial charge in [-0.1, -0.05) is 30.3 Å². The largest absolute Gasteiger partial charge is 0.404 e. The quantitative estimate of drug-likeness (QED) is 0.401. The SMILES string of the molecule is Cn1nc(-c2ccc(F)cc2)c(-c2ccncc2)c1NC(=O)C(c1ccccc1)C(F)(F)F. The number of halogens is 4. The van der Waals surface area contributed by atoms with Crippen molar-refractivity contribution in [1.29, 1.82) is 0 Å². The maximum Gasteiger partial charge on any atom is 0.404 e. The number of amides is 1. The third-order valence-electron chi connectivity index (χ3n) is 5.10. The van der Waals surface area contributed by atoms with Crippen LogP contribution in [0.3, 0.4) is 0 Å². The summed E-state index contributed by atoms with van der Waals surface area (Å²) in [7, 11) is 1.51. The Bertz CT molecular complexity index is 1250. The van der Waals surface area contributed by atoms with Crippen molar-refractivity contribution in [3.63, 3.8) is 0 Å². The first-order valence-corrected chi connectivity index (χ1v) is 9.91. The predicted molar refractivity (Wildman–Crippen MR) is 116 cm³/mol. The number of alkyl halides is 3. The second-order valence-corrected chi connectivity index (χ2v) is 7.31. The van der Waals surface area contributed by atoms with Gasteiger partial charge in [0.05, 0.1) is 5.56 Å². The lowest BCUT2D eigenvalue weighted by atomic mass is 9.97. The van der Waals surface area contributed by atoms with Crippen molar-refractivity contribution < 1.29 is 22.4 Å². The van der Waals surface area contributed by atoms with Crippen LogP contribution in [0.2, 0.25) is 0 Å². The van der Waals surface area contributed by atoms with Crippen LogP contribution in [-0.4, -0.2) is 26.8 Å². The highest BCUT2D eigenvalue weighted by Crippen LogP contribution is 2.40. The van der Waals surface area contributed by atoms with E-state index in [1.807, 2.05) is 0 Å². The van der Waals surface area contributed by atoms with Crippen LogP contribution in [-0.2, 0) is 11.8 Å². The van der Waals surface area contributed by atoms with Crippen molar-refractivity contribution in [1.82, 2.24) is 14.8 Å². The van der Waals surface area contributed by atoms with Crippen LogP contribution in [0.5, 0.6) is 0 Å². The van der Waals surface area contributed by atoms with Gasteiger partial charge in [-0.2, -0.15) is 18.3 Å². The molecule has 33 heavy (non-hydrogen) atoms. The molecule has 0 radical (unpaired) electrons. The van der Waals surface area contributed by atoms with Crippen LogP contribution >= 0.6 is 0 Å². The number of hydrogen-bond donors (Lipinski definition) is 1. The minimum Gasteiger partial charge on any atom is -0.310 e. The molecule has 0 saturated heterocycles. The highest BCUT2D eigenvalue weighted by atomic mass is 19.4. The number of nitrogens with one attached hydrogen (secondary N) is 1. The Labute approximate surface area is 186 Å². The minimum absolute atomic E-state index is 0.0794. The molecule has 2 aromatic carbocycles. The van der Waals surface area contributed by atoms with E-state index >= 15 is 0 Å². The summed E-state index contributed by atoms with van der Waals surface area (Å²) in [4.78, 5) is 16.9. The Balaban J connectivity index is 1.82. The van der Waals surface area contributed by atoms with E-state index in [2.05, 4.69) is 15.4 Å². The molecule has 0 aliphatic heterocycles. The molecule has 0 spiro atoms. The second-order valence-electron chi connectivity index (χ2n) is 7.31. The summed E-state index contributed by atoms with van der Waals surface area (Å²) in [6, 6.07) is 15.8. The minimum atomic E-state index is -4.80. The number of aromatic nitrogens is 3. The predicted octanol–water partition coefficient (Wildman–Crippen LogP) is 5.57. The molecule has 0 aliphatic rings. The van der Waals surface area contributed by atoms with Crippen molar-refractivity contribution in [2.24, 2.45) is 7.05 Å². The lowest BCUT2D eigenvalue weighted by Crippen LogP contribution is -2.33. The van der Waals surface area contributed by atoms with Crippen molar-refractivity contribution in [3.8, 4) is 22.4 Å². The Morgan fingerprint density at radius 2 is 1.58 bits per heavy atom. The van der Waals surface area contributed by atoms with Gasteiger partial charge in [0.25, 0.3) is 0 Å². The average molecular weight is 454 g/mol. The number of nitrogens with zero attached hydrogens (tertiary/aromatic N) is 3. The zero-order valence-corrected chi connectivity index (χ0v) is 17.3. The van der Waals surface area contributed by atoms with Gasteiger partial charge < -0.3 is 5.32 Å². The molecule has 5 nitrogen and oxygen atoms in total. The van der Waals surface area contributed by atoms with Gasteiger partial charge in [-0.25, -0.2) is 4.39 Å². The van der Waals surface area contributed by atoms with Gasteiger partial charge in [-0.15, -0.1) is 0 Å². The topological polar surface area (TPSA) is 59.8 Å². The summed E-state index contributed by atoms with van der Waals surface area (Å²) in [5.41, 5.74) is 1.72. The molecule has 0 bridgehead atoms. The molecule has 0 fully saturated rings. The lowest BCUT2D eigenvalue weighted by Gasteiger charge is -2.20. The van der Waals surface area contributed by atoms with Gasteiger partial charge in [0.1, 0.15) is 17.3 Å². The molecule has 4 rings (SSSR count). The van der Waals surface area contributed by atoms with E-state index in [-0.39, 0.29) is 11.4 Å². The van der Waals surface area contributed by atoms with E-state index in [0.29, 0.717) is 22.4 Å². The van der Waals surface area contributed by atoms with Gasteiger partial charge in [-0.05, 0) is 47.5 Å². The summed E-state index contributed by atoms with van der Waals surface area (Å²) in [6.45, 7) is 0. The lowest BCUT2D eigenvalue weighted by molar-refractivity contribution is -0.161. The van der Waals surface area contributed by atoms with E-state index < -0.39 is 23.8 Å². The molecule has 2 aromatic heterocycles. The number of carbonyl (C=O) groups excluding carboxylic acids is 1. The first-order chi connectivity index (χ1) is 15.8. The number of benzene rings is 2. The van der Waals surface area contributed by atoms with Crippen molar-refractivity contribution in [2.45, 2.75) is 12.1 Å².